The van der Waals surface area contributed by atoms with Gasteiger partial charge in [-0.2, -0.15) is 0 Å². The van der Waals surface area contributed by atoms with Gasteiger partial charge in [0.1, 0.15) is 0 Å². The molecule has 8 heteroatoms. The second kappa shape index (κ2) is 8.86. The number of halogens is 2. The molecule has 0 heterocycles. The Balaban J connectivity index is 2.06. The van der Waals surface area contributed by atoms with Gasteiger partial charge in [-0.25, -0.2) is 9.59 Å². The lowest BCUT2D eigenvalue weighted by molar-refractivity contribution is 0.0600. The van der Waals surface area contributed by atoms with Gasteiger partial charge in [0.05, 0.1) is 29.6 Å². The van der Waals surface area contributed by atoms with Crippen molar-refractivity contribution in [1.29, 1.82) is 0 Å². The number of carboxylic acids is 1. The van der Waals surface area contributed by atoms with Crippen molar-refractivity contribution in [2.45, 2.75) is 0 Å². The number of methoxy groups -OCH3 is 1. The molecule has 148 valence electrons. The van der Waals surface area contributed by atoms with Gasteiger partial charge >= 0.3 is 11.9 Å². The van der Waals surface area contributed by atoms with E-state index in [0.29, 0.717) is 27.1 Å². The van der Waals surface area contributed by atoms with Crippen molar-refractivity contribution in [2.24, 2.45) is 0 Å². The number of benzene rings is 3. The third-order valence-electron chi connectivity index (χ3n) is 4.04. The highest BCUT2D eigenvalue weighted by atomic mass is 35.5. The lowest BCUT2D eigenvalue weighted by Gasteiger charge is -2.16. The van der Waals surface area contributed by atoms with E-state index in [-0.39, 0.29) is 16.8 Å². The average molecular weight is 431 g/mol. The summed E-state index contributed by atoms with van der Waals surface area (Å²) in [5, 5.41) is 16.8. The van der Waals surface area contributed by atoms with E-state index >= 15 is 0 Å². The summed E-state index contributed by atoms with van der Waals surface area (Å²) in [6, 6.07) is 16.3. The summed E-state index contributed by atoms with van der Waals surface area (Å²) in [4.78, 5) is 24.2. The van der Waals surface area contributed by atoms with Crippen molar-refractivity contribution in [1.82, 2.24) is 0 Å². The van der Waals surface area contributed by atoms with Gasteiger partial charge in [0.2, 0.25) is 0 Å². The van der Waals surface area contributed by atoms with Crippen LogP contribution >= 0.6 is 23.2 Å². The molecule has 0 bridgehead atoms. The smallest absolute Gasteiger partial charge is 0.340 e. The molecule has 3 aromatic rings. The van der Waals surface area contributed by atoms with E-state index in [1.807, 2.05) is 0 Å². The van der Waals surface area contributed by atoms with Crippen LogP contribution in [0.2, 0.25) is 10.0 Å². The summed E-state index contributed by atoms with van der Waals surface area (Å²) < 4.78 is 4.86. The number of hydrogen-bond donors (Lipinski definition) is 3. The van der Waals surface area contributed by atoms with Gasteiger partial charge in [-0.05, 0) is 60.7 Å². The van der Waals surface area contributed by atoms with Gasteiger partial charge < -0.3 is 20.5 Å². The highest BCUT2D eigenvalue weighted by Gasteiger charge is 2.20. The summed E-state index contributed by atoms with van der Waals surface area (Å²) in [5.41, 5.74) is 1.92. The monoisotopic (exact) mass is 430 g/mol. The van der Waals surface area contributed by atoms with Crippen molar-refractivity contribution >= 4 is 57.9 Å². The van der Waals surface area contributed by atoms with E-state index in [0.717, 1.165) is 0 Å². The molecule has 0 radical (unpaired) electrons. The first-order valence-electron chi connectivity index (χ1n) is 8.42. The van der Waals surface area contributed by atoms with Crippen molar-refractivity contribution in [3.63, 3.8) is 0 Å². The van der Waals surface area contributed by atoms with Crippen LogP contribution < -0.4 is 10.6 Å². The summed E-state index contributed by atoms with van der Waals surface area (Å²) in [6.45, 7) is 0. The van der Waals surface area contributed by atoms with Crippen molar-refractivity contribution < 1.29 is 19.4 Å². The molecule has 0 spiro atoms. The minimum absolute atomic E-state index is 0.0240. The number of rotatable bonds is 6. The quantitative estimate of drug-likeness (QED) is 0.417. The normalized spacial score (nSPS) is 10.3. The largest absolute Gasteiger partial charge is 0.478 e. The van der Waals surface area contributed by atoms with Crippen molar-refractivity contribution in [3.8, 4) is 0 Å². The Kier molecular flexibility index (Phi) is 6.26. The molecule has 0 aromatic heterocycles. The van der Waals surface area contributed by atoms with E-state index in [2.05, 4.69) is 10.6 Å². The second-order valence-electron chi connectivity index (χ2n) is 6.00. The predicted molar refractivity (Wildman–Crippen MR) is 114 cm³/mol. The number of nitrogens with one attached hydrogen (secondary N) is 2. The van der Waals surface area contributed by atoms with Crippen LogP contribution in [0.25, 0.3) is 0 Å². The second-order valence-corrected chi connectivity index (χ2v) is 6.88. The highest BCUT2D eigenvalue weighted by molar-refractivity contribution is 6.30. The van der Waals surface area contributed by atoms with E-state index < -0.39 is 11.9 Å². The molecular weight excluding hydrogens is 415 g/mol. The zero-order valence-corrected chi connectivity index (χ0v) is 16.7. The minimum atomic E-state index is -1.16. The molecule has 3 rings (SSSR count). The predicted octanol–water partition coefficient (Wildman–Crippen LogP) is 5.97. The number of ether oxygens (including phenoxy) is 1. The summed E-state index contributed by atoms with van der Waals surface area (Å²) in [5.74, 6) is -1.77. The van der Waals surface area contributed by atoms with Crippen LogP contribution in [0, 0.1) is 0 Å². The molecule has 0 saturated heterocycles. The van der Waals surface area contributed by atoms with Gasteiger partial charge in [-0.1, -0.05) is 23.2 Å². The Hall–Kier alpha value is -3.22. The zero-order valence-electron chi connectivity index (χ0n) is 15.2. The van der Waals surface area contributed by atoms with Gasteiger partial charge in [-0.15, -0.1) is 0 Å². The molecule has 3 N–H and O–H groups in total. The van der Waals surface area contributed by atoms with Gasteiger partial charge in [-0.3, -0.25) is 0 Å². The molecular formula is C21H16Cl2N2O4. The maximum atomic E-state index is 12.3. The molecule has 0 amide bonds. The number of aromatic carboxylic acids is 1. The van der Waals surface area contributed by atoms with Crippen molar-refractivity contribution in [3.05, 3.63) is 81.8 Å². The van der Waals surface area contributed by atoms with Crippen LogP contribution in [0.4, 0.5) is 22.7 Å². The van der Waals surface area contributed by atoms with Crippen LogP contribution in [0.15, 0.2) is 60.7 Å². The van der Waals surface area contributed by atoms with Crippen LogP contribution in [0.1, 0.15) is 20.7 Å². The Morgan fingerprint density at radius 1 is 0.793 bits per heavy atom. The molecule has 0 aliphatic heterocycles. The molecule has 0 fully saturated rings. The fourth-order valence-corrected chi connectivity index (χ4v) is 2.89. The molecule has 0 aliphatic rings. The van der Waals surface area contributed by atoms with Crippen LogP contribution in [-0.2, 0) is 4.74 Å². The molecule has 0 aliphatic carbocycles. The Labute approximate surface area is 177 Å². The number of carbonyl (C=O) groups is 2. The zero-order chi connectivity index (χ0) is 21.0. The molecule has 0 unspecified atom stereocenters. The summed E-state index contributed by atoms with van der Waals surface area (Å²) in [7, 11) is 1.26. The van der Waals surface area contributed by atoms with E-state index in [1.165, 1.54) is 19.2 Å². The fraction of sp³-hybridized carbons (Fsp3) is 0.0476. The van der Waals surface area contributed by atoms with Gasteiger partial charge in [0.15, 0.2) is 0 Å². The Bertz CT molecular complexity index is 1050. The first-order chi connectivity index (χ1) is 13.9. The van der Waals surface area contributed by atoms with Crippen molar-refractivity contribution in [2.75, 3.05) is 17.7 Å². The molecule has 3 aromatic carbocycles. The SMILES string of the molecule is COC(=O)c1cc(Nc2ccc(Cl)cc2)c(C(=O)O)cc1Nc1ccc(Cl)cc1. The first kappa shape index (κ1) is 20.5. The fourth-order valence-electron chi connectivity index (χ4n) is 2.64. The highest BCUT2D eigenvalue weighted by Crippen LogP contribution is 2.31. The number of carboxylic acid groups (broad SMARTS) is 1. The van der Waals surface area contributed by atoms with Crippen LogP contribution in [-0.4, -0.2) is 24.2 Å². The third kappa shape index (κ3) is 4.99. The Morgan fingerprint density at radius 2 is 1.21 bits per heavy atom. The molecule has 0 saturated carbocycles. The summed E-state index contributed by atoms with van der Waals surface area (Å²) >= 11 is 11.8. The number of anilines is 4. The van der Waals surface area contributed by atoms with E-state index in [4.69, 9.17) is 27.9 Å². The lowest BCUT2D eigenvalue weighted by Crippen LogP contribution is -2.10. The average Bonchev–Trinajstić information content (AvgIpc) is 2.71. The third-order valence-corrected chi connectivity index (χ3v) is 4.54. The van der Waals surface area contributed by atoms with E-state index in [1.54, 1.807) is 48.5 Å². The first-order valence-corrected chi connectivity index (χ1v) is 9.18. The molecule has 29 heavy (non-hydrogen) atoms. The standard InChI is InChI=1S/C21H16Cl2N2O4/c1-29-21(28)17-11-18(24-14-6-2-12(22)3-7-14)16(20(26)27)10-19(17)25-15-8-4-13(23)5-9-15/h2-11,24-25H,1H3,(H,26,27). The van der Waals surface area contributed by atoms with E-state index in [9.17, 15) is 14.7 Å². The maximum Gasteiger partial charge on any atom is 0.340 e. The molecule has 0 atom stereocenters. The van der Waals surface area contributed by atoms with Crippen LogP contribution in [0.5, 0.6) is 0 Å². The maximum absolute atomic E-state index is 12.3. The van der Waals surface area contributed by atoms with Crippen LogP contribution in [0.3, 0.4) is 0 Å². The topological polar surface area (TPSA) is 87.7 Å². The summed E-state index contributed by atoms with van der Waals surface area (Å²) in [6.07, 6.45) is 0. The lowest BCUT2D eigenvalue weighted by atomic mass is 10.0. The number of hydrogen-bond acceptors (Lipinski definition) is 5. The molecule has 6 nitrogen and oxygen atoms in total. The minimum Gasteiger partial charge on any atom is -0.478 e. The van der Waals surface area contributed by atoms with Gasteiger partial charge in [0, 0.05) is 21.4 Å². The van der Waals surface area contributed by atoms with Gasteiger partial charge in [0.25, 0.3) is 0 Å². The number of carbonyl (C=O) groups excluding carboxylic acids is 1. The number of esters is 1. The Morgan fingerprint density at radius 3 is 1.62 bits per heavy atom.